The summed E-state index contributed by atoms with van der Waals surface area (Å²) in [5.41, 5.74) is 1.63. The van der Waals surface area contributed by atoms with E-state index in [2.05, 4.69) is 20.7 Å². The maximum Gasteiger partial charge on any atom is 0.251 e. The molecule has 0 atom stereocenters. The molecule has 17 heavy (non-hydrogen) atoms. The van der Waals surface area contributed by atoms with Gasteiger partial charge in [-0.1, -0.05) is 11.8 Å². The van der Waals surface area contributed by atoms with Crippen LogP contribution in [0.15, 0.2) is 27.1 Å². The topological polar surface area (TPSA) is 78.6 Å². The van der Waals surface area contributed by atoms with E-state index in [1.54, 1.807) is 6.08 Å². The Morgan fingerprint density at radius 1 is 1.59 bits per heavy atom. The molecule has 0 aliphatic carbocycles. The molecule has 7 heteroatoms. The largest absolute Gasteiger partial charge is 0.476 e. The van der Waals surface area contributed by atoms with E-state index in [0.717, 1.165) is 11.4 Å². The van der Waals surface area contributed by atoms with Gasteiger partial charge in [0.2, 0.25) is 0 Å². The van der Waals surface area contributed by atoms with E-state index in [1.807, 2.05) is 26.5 Å². The molecule has 0 unspecified atom stereocenters. The van der Waals surface area contributed by atoms with Crippen LogP contribution in [-0.2, 0) is 4.74 Å². The van der Waals surface area contributed by atoms with Crippen LogP contribution >= 0.6 is 11.8 Å². The summed E-state index contributed by atoms with van der Waals surface area (Å²) in [5.74, 6) is 1.99. The number of hydrogen-bond donors (Lipinski definition) is 2. The summed E-state index contributed by atoms with van der Waals surface area (Å²) in [6, 6.07) is 0. The third-order valence-corrected chi connectivity index (χ3v) is 2.34. The predicted molar refractivity (Wildman–Crippen MR) is 70.2 cm³/mol. The van der Waals surface area contributed by atoms with Crippen LogP contribution in [0.1, 0.15) is 20.8 Å². The lowest BCUT2D eigenvalue weighted by molar-refractivity contribution is 0.267. The molecule has 93 valence electrons. The highest BCUT2D eigenvalue weighted by atomic mass is 32.2. The zero-order valence-corrected chi connectivity index (χ0v) is 10.8. The molecular formula is C10H15N4O2S. The first-order valence-electron chi connectivity index (χ1n) is 5.08. The van der Waals surface area contributed by atoms with Gasteiger partial charge in [-0.2, -0.15) is 5.10 Å². The van der Waals surface area contributed by atoms with Gasteiger partial charge < -0.3 is 15.3 Å². The highest BCUT2D eigenvalue weighted by Gasteiger charge is 2.15. The normalized spacial score (nSPS) is 20.5. The molecule has 0 spiro atoms. The number of rotatable bonds is 3. The second kappa shape index (κ2) is 6.95. The molecular weight excluding hydrogens is 240 g/mol. The molecule has 0 saturated carbocycles. The number of amidine groups is 1. The molecule has 0 bridgehead atoms. The van der Waals surface area contributed by atoms with Crippen LogP contribution in [0, 0.1) is 5.75 Å². The van der Waals surface area contributed by atoms with Crippen molar-refractivity contribution in [3.8, 4) is 0 Å². The van der Waals surface area contributed by atoms with Gasteiger partial charge in [0.1, 0.15) is 0 Å². The number of nitrogens with one attached hydrogen (secondary N) is 1. The minimum atomic E-state index is 0.156. The first kappa shape index (κ1) is 13.6. The molecule has 1 rings (SSSR count). The van der Waals surface area contributed by atoms with Crippen molar-refractivity contribution in [1.82, 2.24) is 5.32 Å². The zero-order chi connectivity index (χ0) is 12.7. The maximum absolute atomic E-state index is 8.68. The van der Waals surface area contributed by atoms with Gasteiger partial charge in [0.05, 0.1) is 12.4 Å². The molecule has 0 aromatic rings. The molecule has 1 radical (unpaired) electrons. The van der Waals surface area contributed by atoms with E-state index >= 15 is 0 Å². The number of hydrogen-bond acceptors (Lipinski definition) is 6. The minimum Gasteiger partial charge on any atom is -0.476 e. The summed E-state index contributed by atoms with van der Waals surface area (Å²) < 4.78 is 5.07. The Labute approximate surface area is 105 Å². The van der Waals surface area contributed by atoms with Gasteiger partial charge >= 0.3 is 0 Å². The smallest absolute Gasteiger partial charge is 0.251 e. The van der Waals surface area contributed by atoms with Crippen LogP contribution < -0.4 is 5.32 Å². The number of nitrogens with zero attached hydrogens (tertiary/aromatic N) is 3. The standard InChI is InChI=1S/C10H15N4O2S/c1-4-16-9(14-15)5-8-6-17-10(11-8)13-12-7(2)3/h5-6,15H,4H2,1-3H3,(H,11,13). The molecule has 0 aromatic carbocycles. The maximum atomic E-state index is 8.68. The Balaban J connectivity index is 2.64. The minimum absolute atomic E-state index is 0.156. The third kappa shape index (κ3) is 4.90. The van der Waals surface area contributed by atoms with Gasteiger partial charge in [-0.05, 0) is 25.9 Å². The van der Waals surface area contributed by atoms with Gasteiger partial charge in [0.25, 0.3) is 5.90 Å². The summed E-state index contributed by atoms with van der Waals surface area (Å²) >= 11 is 1.41. The number of thioether (sulfide) groups is 1. The number of ether oxygens (including phenoxy) is 1. The third-order valence-electron chi connectivity index (χ3n) is 1.56. The van der Waals surface area contributed by atoms with Gasteiger partial charge in [0.15, 0.2) is 5.17 Å². The monoisotopic (exact) mass is 255 g/mol. The fourth-order valence-electron chi connectivity index (χ4n) is 0.946. The van der Waals surface area contributed by atoms with Crippen molar-refractivity contribution in [3.63, 3.8) is 0 Å². The summed E-state index contributed by atoms with van der Waals surface area (Å²) in [7, 11) is 0. The van der Waals surface area contributed by atoms with Crippen molar-refractivity contribution < 1.29 is 9.94 Å². The molecule has 0 aromatic heterocycles. The van der Waals surface area contributed by atoms with Gasteiger partial charge in [-0.15, -0.1) is 5.10 Å². The lowest BCUT2D eigenvalue weighted by atomic mass is 10.4. The summed E-state index contributed by atoms with van der Waals surface area (Å²) in [5, 5.41) is 23.3. The number of oxime groups is 1. The van der Waals surface area contributed by atoms with E-state index in [-0.39, 0.29) is 5.90 Å². The van der Waals surface area contributed by atoms with Crippen molar-refractivity contribution in [1.29, 1.82) is 0 Å². The van der Waals surface area contributed by atoms with Gasteiger partial charge in [0, 0.05) is 17.5 Å². The van der Waals surface area contributed by atoms with Gasteiger partial charge in [-0.3, -0.25) is 0 Å². The van der Waals surface area contributed by atoms with E-state index in [1.165, 1.54) is 11.8 Å². The molecule has 2 N–H and O–H groups in total. The van der Waals surface area contributed by atoms with Crippen molar-refractivity contribution in [2.75, 3.05) is 6.61 Å². The Bertz CT molecular complexity index is 384. The first-order valence-corrected chi connectivity index (χ1v) is 5.96. The fraction of sp³-hybridized carbons (Fsp3) is 0.400. The Morgan fingerprint density at radius 2 is 2.35 bits per heavy atom. The highest BCUT2D eigenvalue weighted by Crippen LogP contribution is 2.21. The molecule has 1 heterocycles. The zero-order valence-electron chi connectivity index (χ0n) is 9.97. The molecule has 0 amide bonds. The fourth-order valence-corrected chi connectivity index (χ4v) is 1.58. The van der Waals surface area contributed by atoms with E-state index in [4.69, 9.17) is 9.94 Å². The van der Waals surface area contributed by atoms with Crippen LogP contribution in [0.2, 0.25) is 0 Å². The molecule has 1 fully saturated rings. The molecule has 1 saturated heterocycles. The molecule has 1 aliphatic rings. The average molecular weight is 255 g/mol. The highest BCUT2D eigenvalue weighted by molar-refractivity contribution is 8.16. The van der Waals surface area contributed by atoms with Crippen LogP contribution in [0.5, 0.6) is 0 Å². The van der Waals surface area contributed by atoms with Crippen LogP contribution in [0.3, 0.4) is 0 Å². The SMILES string of the molecule is CCOC(C=C1[CH]SC(=NN=C(C)C)N1)=NO. The molecule has 1 aliphatic heterocycles. The van der Waals surface area contributed by atoms with Crippen molar-refractivity contribution in [2.45, 2.75) is 20.8 Å². The van der Waals surface area contributed by atoms with E-state index in [0.29, 0.717) is 11.8 Å². The van der Waals surface area contributed by atoms with E-state index in [9.17, 15) is 0 Å². The average Bonchev–Trinajstić information content (AvgIpc) is 2.73. The summed E-state index contributed by atoms with van der Waals surface area (Å²) in [4.78, 5) is 0. The first-order chi connectivity index (χ1) is 8.15. The van der Waals surface area contributed by atoms with E-state index < -0.39 is 0 Å². The van der Waals surface area contributed by atoms with Gasteiger partial charge in [-0.25, -0.2) is 0 Å². The van der Waals surface area contributed by atoms with Crippen LogP contribution in [0.4, 0.5) is 0 Å². The van der Waals surface area contributed by atoms with Crippen LogP contribution in [-0.4, -0.2) is 28.6 Å². The van der Waals surface area contributed by atoms with Crippen molar-refractivity contribution >= 4 is 28.5 Å². The van der Waals surface area contributed by atoms with Crippen LogP contribution in [0.25, 0.3) is 0 Å². The summed E-state index contributed by atoms with van der Waals surface area (Å²) in [6.07, 6.45) is 1.58. The quantitative estimate of drug-likeness (QED) is 0.349. The second-order valence-electron chi connectivity index (χ2n) is 3.28. The lowest BCUT2D eigenvalue weighted by Gasteiger charge is -2.01. The lowest BCUT2D eigenvalue weighted by Crippen LogP contribution is -2.13. The van der Waals surface area contributed by atoms with Crippen molar-refractivity contribution in [3.05, 3.63) is 17.5 Å². The predicted octanol–water partition coefficient (Wildman–Crippen LogP) is 1.94. The Hall–Kier alpha value is -1.50. The Kier molecular flexibility index (Phi) is 5.55. The van der Waals surface area contributed by atoms with Crippen molar-refractivity contribution in [2.24, 2.45) is 15.4 Å². The second-order valence-corrected chi connectivity index (χ2v) is 4.14. The molecule has 6 nitrogen and oxygen atoms in total. The Morgan fingerprint density at radius 3 is 2.94 bits per heavy atom. The summed E-state index contributed by atoms with van der Waals surface area (Å²) in [6.45, 7) is 6.00.